The van der Waals surface area contributed by atoms with Crippen molar-refractivity contribution in [3.8, 4) is 0 Å². The van der Waals surface area contributed by atoms with Gasteiger partial charge in [-0.25, -0.2) is 6.57 Å². The van der Waals surface area contributed by atoms with Crippen molar-refractivity contribution in [2.45, 2.75) is 19.1 Å². The summed E-state index contributed by atoms with van der Waals surface area (Å²) in [6.45, 7) is 6.78. The zero-order valence-corrected chi connectivity index (χ0v) is 6.32. The second-order valence-corrected chi connectivity index (χ2v) is 2.85. The van der Waals surface area contributed by atoms with E-state index in [0.29, 0.717) is 5.92 Å². The minimum Gasteiger partial charge on any atom is -0.382 e. The summed E-state index contributed by atoms with van der Waals surface area (Å²) in [5, 5.41) is 1.50. The van der Waals surface area contributed by atoms with Crippen molar-refractivity contribution in [1.29, 1.82) is 0 Å². The van der Waals surface area contributed by atoms with E-state index in [9.17, 15) is 0 Å². The van der Waals surface area contributed by atoms with E-state index in [1.54, 1.807) is 7.05 Å². The number of aliphatic imine (C=N–C) groups is 1. The van der Waals surface area contributed by atoms with Crippen LogP contribution in [0.2, 0.25) is 0 Å². The summed E-state index contributed by atoms with van der Waals surface area (Å²) in [5.41, 5.74) is 0. The average molecular weight is 151 g/mol. The highest BCUT2D eigenvalue weighted by atomic mass is 16.7. The van der Waals surface area contributed by atoms with Gasteiger partial charge >= 0.3 is 6.29 Å². The maximum Gasteiger partial charge on any atom is 0.410 e. The van der Waals surface area contributed by atoms with Crippen LogP contribution in [0.5, 0.6) is 0 Å². The molecule has 2 rings (SSSR count). The van der Waals surface area contributed by atoms with Crippen LogP contribution in [-0.4, -0.2) is 24.3 Å². The zero-order valence-electron chi connectivity index (χ0n) is 6.32. The van der Waals surface area contributed by atoms with E-state index in [0.717, 1.165) is 18.7 Å². The Kier molecular flexibility index (Phi) is 1.33. The largest absolute Gasteiger partial charge is 0.410 e. The minimum atomic E-state index is -0.439. The monoisotopic (exact) mass is 151 g/mol. The van der Waals surface area contributed by atoms with Crippen molar-refractivity contribution in [3.63, 3.8) is 0 Å². The predicted molar refractivity (Wildman–Crippen MR) is 39.4 cm³/mol. The molecule has 1 saturated carbocycles. The Hall–Kier alpha value is -1.08. The lowest BCUT2D eigenvalue weighted by atomic mass is 10.4. The molecule has 0 aromatic rings. The Morgan fingerprint density at radius 3 is 2.91 bits per heavy atom. The third kappa shape index (κ3) is 1.08. The van der Waals surface area contributed by atoms with Crippen molar-refractivity contribution in [1.82, 2.24) is 5.06 Å². The Bertz CT molecular complexity index is 239. The average Bonchev–Trinajstić information content (AvgIpc) is 2.76. The number of nitrogens with zero attached hydrogens (tertiary/aromatic N) is 3. The summed E-state index contributed by atoms with van der Waals surface area (Å²) in [5.74, 6) is 1.26. The van der Waals surface area contributed by atoms with Gasteiger partial charge in [0.1, 0.15) is 0 Å². The van der Waals surface area contributed by atoms with Gasteiger partial charge in [0.15, 0.2) is 0 Å². The van der Waals surface area contributed by atoms with E-state index >= 15 is 0 Å². The van der Waals surface area contributed by atoms with Crippen LogP contribution in [0, 0.1) is 12.5 Å². The highest BCUT2D eigenvalue weighted by Crippen LogP contribution is 2.33. The molecule has 0 aromatic heterocycles. The van der Waals surface area contributed by atoms with E-state index in [2.05, 4.69) is 9.84 Å². The number of hydroxylamine groups is 2. The molecular weight excluding hydrogens is 142 g/mol. The summed E-state index contributed by atoms with van der Waals surface area (Å²) in [7, 11) is 1.74. The highest BCUT2D eigenvalue weighted by molar-refractivity contribution is 5.81. The first-order chi connectivity index (χ1) is 5.31. The molecule has 2 aliphatic rings. The second kappa shape index (κ2) is 2.21. The molecule has 11 heavy (non-hydrogen) atoms. The fourth-order valence-electron chi connectivity index (χ4n) is 1.03. The second-order valence-electron chi connectivity index (χ2n) is 2.85. The van der Waals surface area contributed by atoms with Crippen molar-refractivity contribution in [2.24, 2.45) is 10.9 Å². The molecule has 1 aliphatic heterocycles. The molecule has 4 nitrogen and oxygen atoms in total. The first kappa shape index (κ1) is 6.62. The van der Waals surface area contributed by atoms with Crippen LogP contribution in [-0.2, 0) is 4.84 Å². The van der Waals surface area contributed by atoms with Crippen LogP contribution in [0.25, 0.3) is 4.85 Å². The molecule has 1 heterocycles. The van der Waals surface area contributed by atoms with Gasteiger partial charge in [0, 0.05) is 13.0 Å². The van der Waals surface area contributed by atoms with Crippen LogP contribution in [0.4, 0.5) is 0 Å². The lowest BCUT2D eigenvalue weighted by Gasteiger charge is -2.05. The van der Waals surface area contributed by atoms with E-state index in [1.807, 2.05) is 0 Å². The molecule has 4 heteroatoms. The normalized spacial score (nSPS) is 30.9. The SMILES string of the molecule is [C-]#[N+]C1N=C(C2CC2)ON1C. The Labute approximate surface area is 65.2 Å². The topological polar surface area (TPSA) is 29.2 Å². The molecule has 1 unspecified atom stereocenters. The minimum absolute atomic E-state index is 0.439. The molecule has 0 saturated heterocycles. The van der Waals surface area contributed by atoms with Crippen LogP contribution in [0.15, 0.2) is 4.99 Å². The summed E-state index contributed by atoms with van der Waals surface area (Å²) in [6, 6.07) is 0. The summed E-state index contributed by atoms with van der Waals surface area (Å²) in [6.07, 6.45) is 1.89. The van der Waals surface area contributed by atoms with Crippen LogP contribution in [0.1, 0.15) is 12.8 Å². The molecule has 0 bridgehead atoms. The Morgan fingerprint density at radius 2 is 2.45 bits per heavy atom. The van der Waals surface area contributed by atoms with Gasteiger partial charge in [-0.1, -0.05) is 0 Å². The zero-order chi connectivity index (χ0) is 7.84. The van der Waals surface area contributed by atoms with Crippen LogP contribution >= 0.6 is 0 Å². The van der Waals surface area contributed by atoms with E-state index in [-0.39, 0.29) is 0 Å². The van der Waals surface area contributed by atoms with Crippen LogP contribution < -0.4 is 0 Å². The van der Waals surface area contributed by atoms with Gasteiger partial charge in [0.2, 0.25) is 5.90 Å². The fraction of sp³-hybridized carbons (Fsp3) is 0.714. The molecule has 1 aliphatic carbocycles. The van der Waals surface area contributed by atoms with Gasteiger partial charge in [-0.15, -0.1) is 0 Å². The standard InChI is InChI=1S/C7H9N3O/c1-8-7-9-6(5-3-4-5)11-10(7)2/h5,7H,3-4H2,2H3. The summed E-state index contributed by atoms with van der Waals surface area (Å²) >= 11 is 0. The Balaban J connectivity index is 2.09. The molecule has 58 valence electrons. The maximum atomic E-state index is 6.78. The number of hydrogen-bond donors (Lipinski definition) is 0. The smallest absolute Gasteiger partial charge is 0.382 e. The molecule has 0 aromatic carbocycles. The number of rotatable bonds is 1. The van der Waals surface area contributed by atoms with E-state index < -0.39 is 6.29 Å². The lowest BCUT2D eigenvalue weighted by Crippen LogP contribution is -2.21. The van der Waals surface area contributed by atoms with Crippen molar-refractivity contribution < 1.29 is 4.84 Å². The van der Waals surface area contributed by atoms with Crippen molar-refractivity contribution >= 4 is 5.90 Å². The third-order valence-corrected chi connectivity index (χ3v) is 1.85. The third-order valence-electron chi connectivity index (χ3n) is 1.85. The highest BCUT2D eigenvalue weighted by Gasteiger charge is 2.38. The summed E-state index contributed by atoms with van der Waals surface area (Å²) in [4.78, 5) is 12.7. The van der Waals surface area contributed by atoms with Gasteiger partial charge < -0.3 is 4.84 Å². The lowest BCUT2D eigenvalue weighted by molar-refractivity contribution is -0.0463. The predicted octanol–water partition coefficient (Wildman–Crippen LogP) is 0.875. The summed E-state index contributed by atoms with van der Waals surface area (Å²) < 4.78 is 0. The first-order valence-corrected chi connectivity index (χ1v) is 3.66. The maximum absolute atomic E-state index is 6.78. The molecule has 1 atom stereocenters. The van der Waals surface area contributed by atoms with Gasteiger partial charge in [-0.05, 0) is 17.9 Å². The van der Waals surface area contributed by atoms with Crippen molar-refractivity contribution in [3.05, 3.63) is 11.4 Å². The quantitative estimate of drug-likeness (QED) is 0.520. The Morgan fingerprint density at radius 1 is 1.73 bits per heavy atom. The molecule has 0 radical (unpaired) electrons. The molecule has 1 fully saturated rings. The van der Waals surface area contributed by atoms with Crippen molar-refractivity contribution in [2.75, 3.05) is 7.05 Å². The van der Waals surface area contributed by atoms with Gasteiger partial charge in [0.25, 0.3) is 0 Å². The fourth-order valence-corrected chi connectivity index (χ4v) is 1.03. The molecule has 0 amide bonds. The first-order valence-electron chi connectivity index (χ1n) is 3.66. The van der Waals surface area contributed by atoms with Gasteiger partial charge in [-0.2, -0.15) is 4.99 Å². The van der Waals surface area contributed by atoms with Crippen LogP contribution in [0.3, 0.4) is 0 Å². The van der Waals surface area contributed by atoms with Gasteiger partial charge in [0.05, 0.1) is 0 Å². The molecular formula is C7H9N3O. The molecule has 0 spiro atoms. The molecule has 0 N–H and O–H groups in total. The van der Waals surface area contributed by atoms with E-state index in [4.69, 9.17) is 11.4 Å². The van der Waals surface area contributed by atoms with Gasteiger partial charge in [-0.3, -0.25) is 4.85 Å². The number of hydrogen-bond acceptors (Lipinski definition) is 3. The van der Waals surface area contributed by atoms with E-state index in [1.165, 1.54) is 5.06 Å².